The molecule has 2 N–H and O–H groups in total. The lowest BCUT2D eigenvalue weighted by Gasteiger charge is -2.47. The molecule has 9 nitrogen and oxygen atoms in total. The minimum Gasteiger partial charge on any atom is -0.496 e. The van der Waals surface area contributed by atoms with Gasteiger partial charge in [0.1, 0.15) is 41.0 Å². The van der Waals surface area contributed by atoms with E-state index >= 15 is 0 Å². The molecular formula is C25H32O9. The van der Waals surface area contributed by atoms with Gasteiger partial charge in [0, 0.05) is 12.5 Å². The number of rotatable bonds is 7. The molecule has 2 bridgehead atoms. The van der Waals surface area contributed by atoms with Gasteiger partial charge in [-0.1, -0.05) is 30.4 Å². The molecule has 2 aliphatic rings. The fraction of sp³-hybridized carbons (Fsp3) is 0.520. The lowest BCUT2D eigenvalue weighted by Crippen LogP contribution is -2.66. The Bertz CT molecular complexity index is 1050. The maximum Gasteiger partial charge on any atom is 0.339 e. The zero-order valence-electron chi connectivity index (χ0n) is 20.2. The number of aliphatic hydroxyl groups excluding tert-OH is 2. The van der Waals surface area contributed by atoms with E-state index in [4.69, 9.17) is 23.4 Å². The SMILES string of the molecule is COc1cc(=O)oc(/C=C/C=C/C=C/C2OC3(C)C([C@H](C)O)OC(C)(C2O)C3OC(C)=O)c1C. The first kappa shape index (κ1) is 25.9. The zero-order valence-corrected chi connectivity index (χ0v) is 20.2. The first-order chi connectivity index (χ1) is 15.9. The number of carbonyl (C=O) groups is 1. The van der Waals surface area contributed by atoms with Crippen LogP contribution in [0.2, 0.25) is 0 Å². The second-order valence-corrected chi connectivity index (χ2v) is 8.92. The zero-order chi connectivity index (χ0) is 25.3. The summed E-state index contributed by atoms with van der Waals surface area (Å²) < 4.78 is 28.0. The van der Waals surface area contributed by atoms with Gasteiger partial charge in [0.2, 0.25) is 0 Å². The van der Waals surface area contributed by atoms with Crippen molar-refractivity contribution in [1.82, 2.24) is 0 Å². The quantitative estimate of drug-likeness (QED) is 0.449. The minimum atomic E-state index is -1.26. The van der Waals surface area contributed by atoms with Gasteiger partial charge in [0.15, 0.2) is 6.10 Å². The Morgan fingerprint density at radius 2 is 1.85 bits per heavy atom. The second kappa shape index (κ2) is 9.87. The van der Waals surface area contributed by atoms with Crippen molar-refractivity contribution < 1.29 is 38.4 Å². The summed E-state index contributed by atoms with van der Waals surface area (Å²) in [5, 5.41) is 21.2. The Balaban J connectivity index is 1.76. The monoisotopic (exact) mass is 476 g/mol. The number of esters is 1. The lowest BCUT2D eigenvalue weighted by molar-refractivity contribution is -0.236. The van der Waals surface area contributed by atoms with Gasteiger partial charge in [-0.05, 0) is 33.8 Å². The van der Waals surface area contributed by atoms with E-state index in [0.29, 0.717) is 17.1 Å². The molecule has 0 amide bonds. The van der Waals surface area contributed by atoms with Crippen LogP contribution >= 0.6 is 0 Å². The summed E-state index contributed by atoms with van der Waals surface area (Å²) in [4.78, 5) is 23.3. The number of hydrogen-bond acceptors (Lipinski definition) is 9. The molecular weight excluding hydrogens is 444 g/mol. The fourth-order valence-corrected chi connectivity index (χ4v) is 4.70. The van der Waals surface area contributed by atoms with Crippen LogP contribution in [-0.2, 0) is 19.0 Å². The Labute approximate surface area is 198 Å². The first-order valence-electron chi connectivity index (χ1n) is 11.0. The number of fused-ring (bicyclic) bond motifs is 2. The molecule has 186 valence electrons. The molecule has 7 atom stereocenters. The van der Waals surface area contributed by atoms with Gasteiger partial charge in [0.25, 0.3) is 0 Å². The highest BCUT2D eigenvalue weighted by molar-refractivity contribution is 5.66. The van der Waals surface area contributed by atoms with E-state index in [1.807, 2.05) is 0 Å². The first-order valence-corrected chi connectivity index (χ1v) is 11.0. The van der Waals surface area contributed by atoms with Gasteiger partial charge < -0.3 is 33.6 Å². The number of aliphatic hydroxyl groups is 2. The molecule has 1 aromatic heterocycles. The van der Waals surface area contributed by atoms with Crippen LogP contribution in [0.4, 0.5) is 0 Å². The van der Waals surface area contributed by atoms with Gasteiger partial charge in [0.05, 0.1) is 19.3 Å². The maximum absolute atomic E-state index is 11.7. The molecule has 0 radical (unpaired) electrons. The number of methoxy groups -OCH3 is 1. The van der Waals surface area contributed by atoms with Gasteiger partial charge in [-0.3, -0.25) is 4.79 Å². The summed E-state index contributed by atoms with van der Waals surface area (Å²) in [7, 11) is 1.48. The molecule has 3 heterocycles. The van der Waals surface area contributed by atoms with Crippen molar-refractivity contribution in [2.24, 2.45) is 0 Å². The van der Waals surface area contributed by atoms with Crippen LogP contribution in [-0.4, -0.2) is 65.0 Å². The predicted octanol–water partition coefficient (Wildman–Crippen LogP) is 2.07. The van der Waals surface area contributed by atoms with Crippen molar-refractivity contribution in [2.45, 2.75) is 76.3 Å². The van der Waals surface area contributed by atoms with Crippen LogP contribution in [0, 0.1) is 6.92 Å². The van der Waals surface area contributed by atoms with Crippen molar-refractivity contribution in [3.63, 3.8) is 0 Å². The summed E-state index contributed by atoms with van der Waals surface area (Å²) in [5.41, 5.74) is -2.22. The van der Waals surface area contributed by atoms with Crippen LogP contribution in [0.5, 0.6) is 5.75 Å². The molecule has 0 saturated carbocycles. The van der Waals surface area contributed by atoms with Crippen molar-refractivity contribution in [2.75, 3.05) is 7.11 Å². The standard InChI is InChI=1S/C25H32O9/c1-14-17(32-20(28)13-19(14)30-6)11-9-7-8-10-12-18-21(29)24(4)23(31-16(3)27)25(5,33-18)22(34-24)15(2)26/h7-13,15,18,21-23,26,29H,1-6H3/b8-7+,11-9+,12-10+/t15-,18?,21?,22?,23?,24?,25?/m0/s1. The van der Waals surface area contributed by atoms with Gasteiger partial charge in [-0.25, -0.2) is 4.79 Å². The third-order valence-corrected chi connectivity index (χ3v) is 6.30. The van der Waals surface area contributed by atoms with Gasteiger partial charge in [-0.15, -0.1) is 0 Å². The van der Waals surface area contributed by atoms with E-state index in [2.05, 4.69) is 0 Å². The average Bonchev–Trinajstić information content (AvgIpc) is 2.93. The molecule has 9 heteroatoms. The van der Waals surface area contributed by atoms with Crippen LogP contribution < -0.4 is 10.4 Å². The third-order valence-electron chi connectivity index (χ3n) is 6.30. The highest BCUT2D eigenvalue weighted by Gasteiger charge is 2.71. The maximum atomic E-state index is 11.7. The Morgan fingerprint density at radius 3 is 2.47 bits per heavy atom. The topological polar surface area (TPSA) is 125 Å². The van der Waals surface area contributed by atoms with E-state index in [1.54, 1.807) is 64.2 Å². The second-order valence-electron chi connectivity index (χ2n) is 8.92. The summed E-state index contributed by atoms with van der Waals surface area (Å²) in [6, 6.07) is 1.28. The van der Waals surface area contributed by atoms with Crippen molar-refractivity contribution >= 4 is 12.0 Å². The molecule has 2 aliphatic heterocycles. The van der Waals surface area contributed by atoms with Crippen molar-refractivity contribution in [3.8, 4) is 5.75 Å². The minimum absolute atomic E-state index is 0.388. The van der Waals surface area contributed by atoms with E-state index < -0.39 is 53.3 Å². The number of ether oxygens (including phenoxy) is 4. The molecule has 0 spiro atoms. The van der Waals surface area contributed by atoms with Crippen molar-refractivity contribution in [3.05, 3.63) is 58.2 Å². The summed E-state index contributed by atoms with van der Waals surface area (Å²) in [5.74, 6) is 0.308. The molecule has 0 aromatic carbocycles. The average molecular weight is 477 g/mol. The van der Waals surface area contributed by atoms with E-state index in [-0.39, 0.29) is 0 Å². The number of hydrogen-bond donors (Lipinski definition) is 2. The smallest absolute Gasteiger partial charge is 0.339 e. The molecule has 1 aromatic rings. The molecule has 2 fully saturated rings. The van der Waals surface area contributed by atoms with E-state index in [9.17, 15) is 19.8 Å². The Kier molecular flexibility index (Phi) is 7.52. The van der Waals surface area contributed by atoms with E-state index in [1.165, 1.54) is 20.1 Å². The highest BCUT2D eigenvalue weighted by atomic mass is 16.7. The van der Waals surface area contributed by atoms with Crippen LogP contribution in [0.15, 0.2) is 45.7 Å². The van der Waals surface area contributed by atoms with Crippen LogP contribution in [0.3, 0.4) is 0 Å². The summed E-state index contributed by atoms with van der Waals surface area (Å²) in [6.45, 7) is 7.98. The number of allylic oxidation sites excluding steroid dienone is 4. The molecule has 6 unspecified atom stereocenters. The molecule has 2 saturated heterocycles. The van der Waals surface area contributed by atoms with E-state index in [0.717, 1.165) is 0 Å². The fourth-order valence-electron chi connectivity index (χ4n) is 4.70. The van der Waals surface area contributed by atoms with Gasteiger partial charge >= 0.3 is 11.6 Å². The molecule has 0 aliphatic carbocycles. The summed E-state index contributed by atoms with van der Waals surface area (Å²) in [6.07, 6.45) is 5.63. The number of carbonyl (C=O) groups excluding carboxylic acids is 1. The van der Waals surface area contributed by atoms with Crippen molar-refractivity contribution in [1.29, 1.82) is 0 Å². The Morgan fingerprint density at radius 1 is 1.18 bits per heavy atom. The van der Waals surface area contributed by atoms with Crippen LogP contribution in [0.1, 0.15) is 39.0 Å². The largest absolute Gasteiger partial charge is 0.496 e. The lowest BCUT2D eigenvalue weighted by atomic mass is 9.77. The molecule has 34 heavy (non-hydrogen) atoms. The Hall–Kier alpha value is -2.72. The normalized spacial score (nSPS) is 34.2. The molecule has 3 rings (SSSR count). The van der Waals surface area contributed by atoms with Gasteiger partial charge in [-0.2, -0.15) is 0 Å². The predicted molar refractivity (Wildman–Crippen MR) is 123 cm³/mol. The summed E-state index contributed by atoms with van der Waals surface area (Å²) >= 11 is 0. The highest BCUT2D eigenvalue weighted by Crippen LogP contribution is 2.51. The van der Waals surface area contributed by atoms with Crippen LogP contribution in [0.25, 0.3) is 6.08 Å². The third kappa shape index (κ3) is 4.74.